The van der Waals surface area contributed by atoms with Crippen LogP contribution in [0.25, 0.3) is 0 Å². The Labute approximate surface area is 217 Å². The van der Waals surface area contributed by atoms with Gasteiger partial charge in [-0.25, -0.2) is 4.79 Å². The quantitative estimate of drug-likeness (QED) is 0.434. The van der Waals surface area contributed by atoms with Crippen molar-refractivity contribution < 1.29 is 19.1 Å². The molecule has 0 aromatic heterocycles. The van der Waals surface area contributed by atoms with Gasteiger partial charge >= 0.3 is 6.09 Å². The van der Waals surface area contributed by atoms with Crippen molar-refractivity contribution in [3.05, 3.63) is 35.4 Å². The first-order chi connectivity index (χ1) is 16.6. The first kappa shape index (κ1) is 31.0. The molecule has 1 aromatic rings. The highest BCUT2D eigenvalue weighted by molar-refractivity contribution is 5.92. The fourth-order valence-corrected chi connectivity index (χ4v) is 3.79. The maximum atomic E-state index is 14.1. The lowest BCUT2D eigenvalue weighted by Gasteiger charge is -2.36. The zero-order chi connectivity index (χ0) is 27.7. The van der Waals surface area contributed by atoms with Crippen LogP contribution in [0.1, 0.15) is 98.7 Å². The Morgan fingerprint density at radius 1 is 1.08 bits per heavy atom. The third-order valence-corrected chi connectivity index (χ3v) is 5.20. The van der Waals surface area contributed by atoms with Crippen molar-refractivity contribution in [2.75, 3.05) is 6.54 Å². The van der Waals surface area contributed by atoms with Crippen LogP contribution < -0.4 is 10.6 Å². The molecule has 0 aliphatic rings. The van der Waals surface area contributed by atoms with E-state index in [-0.39, 0.29) is 17.7 Å². The Morgan fingerprint density at radius 2 is 1.69 bits per heavy atom. The Kier molecular flexibility index (Phi) is 11.5. The molecule has 0 heterocycles. The predicted octanol–water partition coefficient (Wildman–Crippen LogP) is 5.19. The van der Waals surface area contributed by atoms with Gasteiger partial charge in [-0.15, -0.1) is 6.42 Å². The minimum atomic E-state index is -0.953. The monoisotopic (exact) mass is 499 g/mol. The minimum absolute atomic E-state index is 0.113. The predicted molar refractivity (Wildman–Crippen MR) is 144 cm³/mol. The van der Waals surface area contributed by atoms with Gasteiger partial charge in [0.15, 0.2) is 0 Å². The topological polar surface area (TPSA) is 87.7 Å². The van der Waals surface area contributed by atoms with Crippen LogP contribution >= 0.6 is 0 Å². The van der Waals surface area contributed by atoms with E-state index < -0.39 is 29.3 Å². The molecule has 0 radical (unpaired) electrons. The van der Waals surface area contributed by atoms with E-state index in [2.05, 4.69) is 16.6 Å². The molecule has 36 heavy (non-hydrogen) atoms. The third-order valence-electron chi connectivity index (χ3n) is 5.20. The van der Waals surface area contributed by atoms with Gasteiger partial charge in [0.05, 0.1) is 0 Å². The molecule has 1 rings (SSSR count). The number of ether oxygens (including phenoxy) is 1. The summed E-state index contributed by atoms with van der Waals surface area (Å²) in [7, 11) is 0. The fraction of sp³-hybridized carbons (Fsp3) is 0.621. The van der Waals surface area contributed by atoms with Crippen LogP contribution in [0.5, 0.6) is 0 Å². The largest absolute Gasteiger partial charge is 0.444 e. The Morgan fingerprint density at radius 3 is 2.19 bits per heavy atom. The van der Waals surface area contributed by atoms with E-state index in [4.69, 9.17) is 11.2 Å². The number of alkyl carbamates (subject to hydrolysis) is 1. The van der Waals surface area contributed by atoms with Crippen LogP contribution in [0.3, 0.4) is 0 Å². The number of rotatable bonds is 10. The molecular formula is C29H45N3O4. The van der Waals surface area contributed by atoms with Crippen molar-refractivity contribution in [2.45, 2.75) is 105 Å². The lowest BCUT2D eigenvalue weighted by molar-refractivity contribution is -0.143. The number of unbranched alkanes of at least 4 members (excludes halogenated alkanes) is 1. The van der Waals surface area contributed by atoms with Crippen LogP contribution in [0, 0.1) is 18.3 Å². The normalized spacial score (nSPS) is 13.4. The maximum Gasteiger partial charge on any atom is 0.408 e. The summed E-state index contributed by atoms with van der Waals surface area (Å²) >= 11 is 0. The van der Waals surface area contributed by atoms with E-state index in [1.807, 2.05) is 41.5 Å². The van der Waals surface area contributed by atoms with Crippen molar-refractivity contribution in [1.82, 2.24) is 15.5 Å². The number of nitrogens with zero attached hydrogens (tertiary/aromatic N) is 1. The number of amides is 3. The average Bonchev–Trinajstić information content (AvgIpc) is 2.72. The standard InChI is InChI=1S/C29H45N3O4/c1-11-13-18-32(26(34)23(19-20(3)4)30-27(35)36-29(8,9)10)24(25(33)31-28(5,6)7)22-17-15-14-16-21(22)12-2/h2,14-17,20,23-24H,11,13,18-19H2,1,3-10H3,(H,30,35)(H,31,33). The zero-order valence-electron chi connectivity index (χ0n) is 23.5. The van der Waals surface area contributed by atoms with E-state index in [0.717, 1.165) is 6.42 Å². The molecule has 0 fully saturated rings. The van der Waals surface area contributed by atoms with Crippen LogP contribution in [0.2, 0.25) is 0 Å². The maximum absolute atomic E-state index is 14.1. The van der Waals surface area contributed by atoms with Crippen molar-refractivity contribution in [1.29, 1.82) is 0 Å². The van der Waals surface area contributed by atoms with Gasteiger partial charge in [0.25, 0.3) is 0 Å². The second-order valence-electron chi connectivity index (χ2n) is 11.6. The summed E-state index contributed by atoms with van der Waals surface area (Å²) in [5.74, 6) is 2.10. The Balaban J connectivity index is 3.59. The molecule has 0 bridgehead atoms. The van der Waals surface area contributed by atoms with Gasteiger partial charge < -0.3 is 20.3 Å². The van der Waals surface area contributed by atoms with Gasteiger partial charge in [0.1, 0.15) is 17.7 Å². The van der Waals surface area contributed by atoms with Crippen LogP contribution in [-0.2, 0) is 14.3 Å². The minimum Gasteiger partial charge on any atom is -0.444 e. The smallest absolute Gasteiger partial charge is 0.408 e. The lowest BCUT2D eigenvalue weighted by atomic mass is 9.95. The molecule has 2 unspecified atom stereocenters. The fourth-order valence-electron chi connectivity index (χ4n) is 3.79. The molecule has 7 nitrogen and oxygen atoms in total. The molecule has 0 saturated carbocycles. The summed E-state index contributed by atoms with van der Waals surface area (Å²) in [5.41, 5.74) is -0.113. The van der Waals surface area contributed by atoms with Crippen molar-refractivity contribution in [3.8, 4) is 12.3 Å². The molecule has 2 atom stereocenters. The van der Waals surface area contributed by atoms with E-state index in [9.17, 15) is 14.4 Å². The number of carbonyl (C=O) groups excluding carboxylic acids is 3. The van der Waals surface area contributed by atoms with Crippen LogP contribution in [-0.4, -0.2) is 46.5 Å². The van der Waals surface area contributed by atoms with Crippen molar-refractivity contribution in [3.63, 3.8) is 0 Å². The third kappa shape index (κ3) is 10.3. The molecule has 0 aliphatic carbocycles. The van der Waals surface area contributed by atoms with E-state index >= 15 is 0 Å². The average molecular weight is 500 g/mol. The van der Waals surface area contributed by atoms with E-state index in [1.54, 1.807) is 49.9 Å². The summed E-state index contributed by atoms with van der Waals surface area (Å²) in [6, 6.07) is 5.35. The molecule has 0 spiro atoms. The number of hydrogen-bond acceptors (Lipinski definition) is 4. The lowest BCUT2D eigenvalue weighted by Crippen LogP contribution is -2.55. The van der Waals surface area contributed by atoms with Gasteiger partial charge in [-0.3, -0.25) is 9.59 Å². The van der Waals surface area contributed by atoms with Gasteiger partial charge in [-0.05, 0) is 71.9 Å². The van der Waals surface area contributed by atoms with Gasteiger partial charge in [-0.1, -0.05) is 51.3 Å². The van der Waals surface area contributed by atoms with Crippen LogP contribution in [0.4, 0.5) is 4.79 Å². The summed E-state index contributed by atoms with van der Waals surface area (Å²) in [5, 5.41) is 5.78. The summed E-state index contributed by atoms with van der Waals surface area (Å²) < 4.78 is 5.43. The SMILES string of the molecule is C#Cc1ccccc1C(C(=O)NC(C)(C)C)N(CCCC)C(=O)C(CC(C)C)NC(=O)OC(C)(C)C. The zero-order valence-corrected chi connectivity index (χ0v) is 23.5. The first-order valence-electron chi connectivity index (χ1n) is 12.8. The Bertz CT molecular complexity index is 935. The molecule has 7 heteroatoms. The molecule has 200 valence electrons. The number of hydrogen-bond donors (Lipinski definition) is 2. The molecule has 0 saturated heterocycles. The van der Waals surface area contributed by atoms with Crippen molar-refractivity contribution in [2.24, 2.45) is 5.92 Å². The molecule has 3 amide bonds. The van der Waals surface area contributed by atoms with Crippen molar-refractivity contribution >= 4 is 17.9 Å². The molecule has 1 aromatic carbocycles. The molecule has 2 N–H and O–H groups in total. The Hall–Kier alpha value is -3.01. The summed E-state index contributed by atoms with van der Waals surface area (Å²) in [6.07, 6.45) is 7.01. The van der Waals surface area contributed by atoms with E-state index in [1.165, 1.54) is 0 Å². The second-order valence-corrected chi connectivity index (χ2v) is 11.6. The first-order valence-corrected chi connectivity index (χ1v) is 12.8. The highest BCUT2D eigenvalue weighted by Crippen LogP contribution is 2.27. The van der Waals surface area contributed by atoms with Crippen LogP contribution in [0.15, 0.2) is 24.3 Å². The van der Waals surface area contributed by atoms with Gasteiger partial charge in [0.2, 0.25) is 11.8 Å². The number of nitrogens with one attached hydrogen (secondary N) is 2. The second kappa shape index (κ2) is 13.3. The summed E-state index contributed by atoms with van der Waals surface area (Å²) in [4.78, 5) is 42.0. The van der Waals surface area contributed by atoms with Gasteiger partial charge in [0, 0.05) is 17.6 Å². The molecular weight excluding hydrogens is 454 g/mol. The number of terminal acetylenes is 1. The van der Waals surface area contributed by atoms with Gasteiger partial charge in [-0.2, -0.15) is 0 Å². The van der Waals surface area contributed by atoms with E-state index in [0.29, 0.717) is 30.5 Å². The molecule has 0 aliphatic heterocycles. The highest BCUT2D eigenvalue weighted by Gasteiger charge is 2.38. The number of carbonyl (C=O) groups is 3. The highest BCUT2D eigenvalue weighted by atomic mass is 16.6. The number of benzene rings is 1. The summed E-state index contributed by atoms with van der Waals surface area (Å²) in [6.45, 7) is 17.3.